The van der Waals surface area contributed by atoms with Gasteiger partial charge in [-0.05, 0) is 13.1 Å². The zero-order valence-electron chi connectivity index (χ0n) is 11.3. The standard InChI is InChI=1S/C14H20N4O/c1-17-7-9-18(10-8-17)16-12-13-4-2-3-5-14(13)19-11-6-15/h2-5,16H,7-12H2,1H3. The van der Waals surface area contributed by atoms with E-state index in [1.165, 1.54) is 0 Å². The summed E-state index contributed by atoms with van der Waals surface area (Å²) in [5.41, 5.74) is 4.50. The molecule has 102 valence electrons. The maximum absolute atomic E-state index is 8.57. The zero-order chi connectivity index (χ0) is 13.5. The van der Waals surface area contributed by atoms with Gasteiger partial charge in [0.2, 0.25) is 0 Å². The lowest BCUT2D eigenvalue weighted by molar-refractivity contribution is 0.102. The summed E-state index contributed by atoms with van der Waals surface area (Å²) in [6, 6.07) is 9.83. The van der Waals surface area contributed by atoms with Crippen LogP contribution in [0.25, 0.3) is 0 Å². The van der Waals surface area contributed by atoms with Crippen LogP contribution in [0, 0.1) is 11.3 Å². The molecule has 1 aliphatic rings. The van der Waals surface area contributed by atoms with Gasteiger partial charge in [0.1, 0.15) is 11.8 Å². The molecule has 0 saturated carbocycles. The first-order valence-corrected chi connectivity index (χ1v) is 6.54. The molecule has 1 aromatic carbocycles. The monoisotopic (exact) mass is 260 g/mol. The minimum absolute atomic E-state index is 0.0888. The molecule has 5 heteroatoms. The Morgan fingerprint density at radius 1 is 1.26 bits per heavy atom. The third-order valence-corrected chi connectivity index (χ3v) is 3.26. The Morgan fingerprint density at radius 2 is 2.00 bits per heavy atom. The first kappa shape index (κ1) is 13.8. The Hall–Kier alpha value is -1.61. The van der Waals surface area contributed by atoms with Gasteiger partial charge >= 0.3 is 0 Å². The third kappa shape index (κ3) is 4.21. The van der Waals surface area contributed by atoms with Crippen LogP contribution in [0.3, 0.4) is 0 Å². The summed E-state index contributed by atoms with van der Waals surface area (Å²) in [5, 5.41) is 10.8. The maximum Gasteiger partial charge on any atom is 0.174 e. The number of nitrogens with zero attached hydrogens (tertiary/aromatic N) is 3. The summed E-state index contributed by atoms with van der Waals surface area (Å²) in [7, 11) is 2.14. The Labute approximate surface area is 114 Å². The topological polar surface area (TPSA) is 51.5 Å². The van der Waals surface area contributed by atoms with E-state index in [0.29, 0.717) is 0 Å². The minimum atomic E-state index is 0.0888. The molecule has 0 amide bonds. The molecule has 0 aromatic heterocycles. The maximum atomic E-state index is 8.57. The van der Waals surface area contributed by atoms with E-state index in [1.54, 1.807) is 0 Å². The van der Waals surface area contributed by atoms with Gasteiger partial charge < -0.3 is 9.64 Å². The molecule has 0 spiro atoms. The van der Waals surface area contributed by atoms with E-state index < -0.39 is 0 Å². The highest BCUT2D eigenvalue weighted by molar-refractivity contribution is 5.33. The summed E-state index contributed by atoms with van der Waals surface area (Å²) in [6.45, 7) is 5.03. The summed E-state index contributed by atoms with van der Waals surface area (Å²) >= 11 is 0. The van der Waals surface area contributed by atoms with Crippen LogP contribution in [0.4, 0.5) is 0 Å². The smallest absolute Gasteiger partial charge is 0.174 e. The molecule has 1 heterocycles. The number of ether oxygens (including phenoxy) is 1. The van der Waals surface area contributed by atoms with Crippen LogP contribution in [-0.4, -0.2) is 49.7 Å². The van der Waals surface area contributed by atoms with E-state index in [1.807, 2.05) is 30.3 Å². The quantitative estimate of drug-likeness (QED) is 0.850. The first-order chi connectivity index (χ1) is 9.29. The van der Waals surface area contributed by atoms with Crippen LogP contribution in [0.1, 0.15) is 5.56 Å². The second kappa shape index (κ2) is 7.10. The van der Waals surface area contributed by atoms with Crippen molar-refractivity contribution >= 4 is 0 Å². The molecule has 0 bridgehead atoms. The van der Waals surface area contributed by atoms with Crippen LogP contribution in [-0.2, 0) is 6.54 Å². The summed E-state index contributed by atoms with van der Waals surface area (Å²) in [6.07, 6.45) is 0. The number of hydrogen-bond acceptors (Lipinski definition) is 5. The van der Waals surface area contributed by atoms with Gasteiger partial charge in [0.25, 0.3) is 0 Å². The van der Waals surface area contributed by atoms with E-state index in [0.717, 1.165) is 44.0 Å². The van der Waals surface area contributed by atoms with Crippen LogP contribution in [0.5, 0.6) is 5.75 Å². The molecular formula is C14H20N4O. The fourth-order valence-electron chi connectivity index (χ4n) is 2.06. The second-order valence-corrected chi connectivity index (χ2v) is 4.68. The number of para-hydroxylation sites is 1. The van der Waals surface area contributed by atoms with Gasteiger partial charge in [-0.3, -0.25) is 5.43 Å². The molecule has 0 unspecified atom stereocenters. The van der Waals surface area contributed by atoms with Crippen molar-refractivity contribution in [1.82, 2.24) is 15.3 Å². The van der Waals surface area contributed by atoms with E-state index in [9.17, 15) is 0 Å². The number of hydrogen-bond donors (Lipinski definition) is 1. The van der Waals surface area contributed by atoms with Crippen molar-refractivity contribution in [3.8, 4) is 11.8 Å². The molecule has 1 aromatic rings. The van der Waals surface area contributed by atoms with E-state index in [-0.39, 0.29) is 6.61 Å². The van der Waals surface area contributed by atoms with Crippen molar-refractivity contribution in [2.45, 2.75) is 6.54 Å². The zero-order valence-corrected chi connectivity index (χ0v) is 11.3. The summed E-state index contributed by atoms with van der Waals surface area (Å²) in [4.78, 5) is 2.32. The average molecular weight is 260 g/mol. The van der Waals surface area contributed by atoms with Gasteiger partial charge in [0, 0.05) is 38.3 Å². The van der Waals surface area contributed by atoms with Crippen molar-refractivity contribution in [3.05, 3.63) is 29.8 Å². The number of rotatable bonds is 5. The fraction of sp³-hybridized carbons (Fsp3) is 0.500. The highest BCUT2D eigenvalue weighted by Gasteiger charge is 2.13. The normalized spacial score (nSPS) is 17.1. The molecule has 1 saturated heterocycles. The van der Waals surface area contributed by atoms with E-state index >= 15 is 0 Å². The van der Waals surface area contributed by atoms with Crippen molar-refractivity contribution in [3.63, 3.8) is 0 Å². The largest absolute Gasteiger partial charge is 0.478 e. The van der Waals surface area contributed by atoms with Crippen molar-refractivity contribution < 1.29 is 4.74 Å². The molecule has 0 atom stereocenters. The van der Waals surface area contributed by atoms with E-state index in [4.69, 9.17) is 10.00 Å². The van der Waals surface area contributed by atoms with Crippen LogP contribution in [0.2, 0.25) is 0 Å². The molecule has 19 heavy (non-hydrogen) atoms. The molecule has 1 aliphatic heterocycles. The van der Waals surface area contributed by atoms with Crippen molar-refractivity contribution in [2.75, 3.05) is 39.8 Å². The number of hydrazine groups is 1. The Bertz CT molecular complexity index is 435. The number of likely N-dealkylation sites (N-methyl/N-ethyl adjacent to an activating group) is 1. The Morgan fingerprint density at radius 3 is 2.74 bits per heavy atom. The SMILES string of the molecule is CN1CCN(NCc2ccccc2OCC#N)CC1. The average Bonchev–Trinajstić information content (AvgIpc) is 2.45. The number of nitrogens with one attached hydrogen (secondary N) is 1. The highest BCUT2D eigenvalue weighted by atomic mass is 16.5. The molecule has 1 fully saturated rings. The van der Waals surface area contributed by atoms with Gasteiger partial charge in [0.05, 0.1) is 0 Å². The predicted octanol–water partition coefficient (Wildman–Crippen LogP) is 0.841. The predicted molar refractivity (Wildman–Crippen MR) is 73.5 cm³/mol. The lowest BCUT2D eigenvalue weighted by Crippen LogP contribution is -2.50. The van der Waals surface area contributed by atoms with Crippen LogP contribution >= 0.6 is 0 Å². The summed E-state index contributed by atoms with van der Waals surface area (Å²) < 4.78 is 5.42. The van der Waals surface area contributed by atoms with Gasteiger partial charge in [-0.2, -0.15) is 5.26 Å². The second-order valence-electron chi connectivity index (χ2n) is 4.68. The van der Waals surface area contributed by atoms with Crippen LogP contribution in [0.15, 0.2) is 24.3 Å². The van der Waals surface area contributed by atoms with Gasteiger partial charge in [-0.25, -0.2) is 5.01 Å². The molecule has 1 N–H and O–H groups in total. The fourth-order valence-corrected chi connectivity index (χ4v) is 2.06. The van der Waals surface area contributed by atoms with Gasteiger partial charge in [-0.1, -0.05) is 18.2 Å². The number of nitriles is 1. The Balaban J connectivity index is 1.87. The van der Waals surface area contributed by atoms with Gasteiger partial charge in [0.15, 0.2) is 6.61 Å². The van der Waals surface area contributed by atoms with E-state index in [2.05, 4.69) is 22.4 Å². The third-order valence-electron chi connectivity index (χ3n) is 3.26. The van der Waals surface area contributed by atoms with Crippen LogP contribution < -0.4 is 10.2 Å². The molecule has 2 rings (SSSR count). The van der Waals surface area contributed by atoms with Gasteiger partial charge in [-0.15, -0.1) is 0 Å². The lowest BCUT2D eigenvalue weighted by atomic mass is 10.2. The molecule has 0 radical (unpaired) electrons. The first-order valence-electron chi connectivity index (χ1n) is 6.54. The molecule has 0 aliphatic carbocycles. The molecule has 5 nitrogen and oxygen atoms in total. The number of piperazine rings is 1. The highest BCUT2D eigenvalue weighted by Crippen LogP contribution is 2.17. The summed E-state index contributed by atoms with van der Waals surface area (Å²) in [5.74, 6) is 0.783. The number of benzene rings is 1. The molecular weight excluding hydrogens is 240 g/mol. The van der Waals surface area contributed by atoms with Crippen molar-refractivity contribution in [2.24, 2.45) is 0 Å². The minimum Gasteiger partial charge on any atom is -0.478 e. The Kier molecular flexibility index (Phi) is 5.16. The van der Waals surface area contributed by atoms with Crippen molar-refractivity contribution in [1.29, 1.82) is 5.26 Å². The lowest BCUT2D eigenvalue weighted by Gasteiger charge is -2.32.